The van der Waals surface area contributed by atoms with Gasteiger partial charge in [0, 0.05) is 31.7 Å². The van der Waals surface area contributed by atoms with E-state index in [4.69, 9.17) is 14.2 Å². The van der Waals surface area contributed by atoms with E-state index in [-0.39, 0.29) is 5.91 Å². The molecule has 1 amide bonds. The molecule has 1 aliphatic heterocycles. The fraction of sp³-hybridized carbons (Fsp3) is 0.370. The van der Waals surface area contributed by atoms with Gasteiger partial charge in [0.15, 0.2) is 23.4 Å². The van der Waals surface area contributed by atoms with Gasteiger partial charge in [-0.05, 0) is 74.4 Å². The molecule has 1 aliphatic rings. The van der Waals surface area contributed by atoms with Gasteiger partial charge < -0.3 is 24.0 Å². The first-order chi connectivity index (χ1) is 16.9. The van der Waals surface area contributed by atoms with Crippen molar-refractivity contribution in [2.24, 2.45) is 0 Å². The highest BCUT2D eigenvalue weighted by Gasteiger charge is 2.27. The number of carbonyl (C=O) groups excluding carboxylic acids is 1. The second-order valence-electron chi connectivity index (χ2n) is 8.67. The maximum absolute atomic E-state index is 12.9. The zero-order chi connectivity index (χ0) is 24.9. The molecular formula is C27H32N4O4. The van der Waals surface area contributed by atoms with E-state index >= 15 is 0 Å². The first-order valence-electron chi connectivity index (χ1n) is 11.7. The average Bonchev–Trinajstić information content (AvgIpc) is 2.90. The zero-order valence-corrected chi connectivity index (χ0v) is 20.9. The van der Waals surface area contributed by atoms with Crippen molar-refractivity contribution >= 4 is 11.7 Å². The minimum absolute atomic E-state index is 0.00207. The van der Waals surface area contributed by atoms with Crippen molar-refractivity contribution in [2.75, 3.05) is 45.3 Å². The van der Waals surface area contributed by atoms with E-state index in [1.165, 1.54) is 5.56 Å². The van der Waals surface area contributed by atoms with Gasteiger partial charge in [0.05, 0.1) is 19.9 Å². The normalized spacial score (nSPS) is 14.4. The van der Waals surface area contributed by atoms with E-state index in [2.05, 4.69) is 22.0 Å². The van der Waals surface area contributed by atoms with Crippen LogP contribution in [0.4, 0.5) is 5.82 Å². The van der Waals surface area contributed by atoms with Crippen molar-refractivity contribution in [3.05, 3.63) is 59.7 Å². The molecule has 1 atom stereocenters. The van der Waals surface area contributed by atoms with Crippen molar-refractivity contribution in [3.63, 3.8) is 0 Å². The number of ether oxygens (including phenoxy) is 3. The lowest BCUT2D eigenvalue weighted by Crippen LogP contribution is -2.52. The molecule has 0 spiro atoms. The molecule has 8 nitrogen and oxygen atoms in total. The second-order valence-corrected chi connectivity index (χ2v) is 8.67. The van der Waals surface area contributed by atoms with Gasteiger partial charge in [-0.3, -0.25) is 4.79 Å². The van der Waals surface area contributed by atoms with Gasteiger partial charge in [-0.1, -0.05) is 6.07 Å². The van der Waals surface area contributed by atoms with E-state index in [1.807, 2.05) is 67.3 Å². The average molecular weight is 477 g/mol. The number of methoxy groups -OCH3 is 2. The molecule has 2 aromatic carbocycles. The van der Waals surface area contributed by atoms with E-state index < -0.39 is 6.10 Å². The van der Waals surface area contributed by atoms with E-state index in [0.717, 1.165) is 28.4 Å². The predicted molar refractivity (Wildman–Crippen MR) is 135 cm³/mol. The second kappa shape index (κ2) is 10.6. The first-order valence-corrected chi connectivity index (χ1v) is 11.7. The number of rotatable bonds is 7. The number of aromatic nitrogens is 2. The number of nitrogens with zero attached hydrogens (tertiary/aromatic N) is 4. The number of carbonyl (C=O) groups is 1. The van der Waals surface area contributed by atoms with Gasteiger partial charge in [-0.25, -0.2) is 0 Å². The smallest absolute Gasteiger partial charge is 0.263 e. The molecule has 2 heterocycles. The van der Waals surface area contributed by atoms with Gasteiger partial charge >= 0.3 is 0 Å². The van der Waals surface area contributed by atoms with Crippen LogP contribution in [0, 0.1) is 13.8 Å². The van der Waals surface area contributed by atoms with Crippen molar-refractivity contribution in [1.29, 1.82) is 0 Å². The molecule has 0 bridgehead atoms. The lowest BCUT2D eigenvalue weighted by Gasteiger charge is -2.36. The molecule has 3 aromatic rings. The first kappa shape index (κ1) is 24.3. The van der Waals surface area contributed by atoms with Crippen LogP contribution in [0.25, 0.3) is 11.3 Å². The van der Waals surface area contributed by atoms with Crippen molar-refractivity contribution < 1.29 is 19.0 Å². The summed E-state index contributed by atoms with van der Waals surface area (Å²) in [4.78, 5) is 16.9. The molecule has 0 aliphatic carbocycles. The summed E-state index contributed by atoms with van der Waals surface area (Å²) in [6.45, 7) is 8.50. The molecule has 0 saturated carbocycles. The Balaban J connectivity index is 1.34. The van der Waals surface area contributed by atoms with Crippen molar-refractivity contribution in [2.45, 2.75) is 26.9 Å². The van der Waals surface area contributed by atoms with Gasteiger partial charge in [-0.15, -0.1) is 10.2 Å². The van der Waals surface area contributed by atoms with Crippen molar-refractivity contribution in [1.82, 2.24) is 15.1 Å². The number of benzene rings is 2. The molecule has 35 heavy (non-hydrogen) atoms. The SMILES string of the molecule is COc1ccc(-c2ccc(N3CCN(C(=O)C(C)Oc4ccc(C)c(C)c4)CC3)nn2)cc1OC. The lowest BCUT2D eigenvalue weighted by atomic mass is 10.1. The van der Waals surface area contributed by atoms with Crippen LogP contribution in [-0.4, -0.2) is 67.5 Å². The quantitative estimate of drug-likeness (QED) is 0.512. The van der Waals surface area contributed by atoms with E-state index in [9.17, 15) is 4.79 Å². The minimum atomic E-state index is -0.538. The molecular weight excluding hydrogens is 444 g/mol. The van der Waals surface area contributed by atoms with Crippen LogP contribution >= 0.6 is 0 Å². The fourth-order valence-corrected chi connectivity index (χ4v) is 4.10. The minimum Gasteiger partial charge on any atom is -0.493 e. The van der Waals surface area contributed by atoms with Gasteiger partial charge in [0.25, 0.3) is 5.91 Å². The standard InChI is InChI=1S/C27H32N4O4/c1-18-6-8-22(16-19(18)2)35-20(3)27(32)31-14-12-30(13-15-31)26-11-9-23(28-29-26)21-7-10-24(33-4)25(17-21)34-5/h6-11,16-17,20H,12-15H2,1-5H3. The van der Waals surface area contributed by atoms with Crippen LogP contribution in [0.5, 0.6) is 17.2 Å². The van der Waals surface area contributed by atoms with Crippen LogP contribution in [0.15, 0.2) is 48.5 Å². The molecule has 0 N–H and O–H groups in total. The van der Waals surface area contributed by atoms with Crippen LogP contribution in [0.3, 0.4) is 0 Å². The molecule has 1 saturated heterocycles. The molecule has 0 radical (unpaired) electrons. The molecule has 1 fully saturated rings. The summed E-state index contributed by atoms with van der Waals surface area (Å²) in [5.41, 5.74) is 4.00. The zero-order valence-electron chi connectivity index (χ0n) is 20.9. The Morgan fingerprint density at radius 3 is 2.23 bits per heavy atom. The van der Waals surface area contributed by atoms with Gasteiger partial charge in [0.2, 0.25) is 0 Å². The Morgan fingerprint density at radius 1 is 0.857 bits per heavy atom. The Morgan fingerprint density at radius 2 is 1.60 bits per heavy atom. The highest BCUT2D eigenvalue weighted by molar-refractivity contribution is 5.81. The topological polar surface area (TPSA) is 77.0 Å². The fourth-order valence-electron chi connectivity index (χ4n) is 4.10. The van der Waals surface area contributed by atoms with Gasteiger partial charge in [0.1, 0.15) is 5.75 Å². The monoisotopic (exact) mass is 476 g/mol. The molecule has 4 rings (SSSR count). The summed E-state index contributed by atoms with van der Waals surface area (Å²) < 4.78 is 16.6. The molecule has 8 heteroatoms. The molecule has 1 aromatic heterocycles. The summed E-state index contributed by atoms with van der Waals surface area (Å²) in [6, 6.07) is 15.5. The third-order valence-electron chi connectivity index (χ3n) is 6.38. The summed E-state index contributed by atoms with van der Waals surface area (Å²) in [5.74, 6) is 2.82. The number of hydrogen-bond acceptors (Lipinski definition) is 7. The van der Waals surface area contributed by atoms with Crippen LogP contribution in [-0.2, 0) is 4.79 Å². The van der Waals surface area contributed by atoms with Crippen LogP contribution in [0.1, 0.15) is 18.1 Å². The number of anilines is 1. The molecule has 1 unspecified atom stereocenters. The molecule has 184 valence electrons. The van der Waals surface area contributed by atoms with Crippen LogP contribution < -0.4 is 19.1 Å². The number of amides is 1. The third kappa shape index (κ3) is 5.48. The maximum atomic E-state index is 12.9. The number of aryl methyl sites for hydroxylation is 2. The Hall–Kier alpha value is -3.81. The predicted octanol–water partition coefficient (Wildman–Crippen LogP) is 3.89. The Labute approximate surface area is 206 Å². The summed E-state index contributed by atoms with van der Waals surface area (Å²) in [5, 5.41) is 8.84. The van der Waals surface area contributed by atoms with Crippen LogP contribution in [0.2, 0.25) is 0 Å². The highest BCUT2D eigenvalue weighted by Crippen LogP contribution is 2.31. The number of piperazine rings is 1. The Bertz CT molecular complexity index is 1170. The summed E-state index contributed by atoms with van der Waals surface area (Å²) in [7, 11) is 3.22. The lowest BCUT2D eigenvalue weighted by molar-refractivity contribution is -0.138. The van der Waals surface area contributed by atoms with Crippen molar-refractivity contribution in [3.8, 4) is 28.5 Å². The Kier molecular flexibility index (Phi) is 7.39. The highest BCUT2D eigenvalue weighted by atomic mass is 16.5. The maximum Gasteiger partial charge on any atom is 0.263 e. The van der Waals surface area contributed by atoms with E-state index in [1.54, 1.807) is 14.2 Å². The third-order valence-corrected chi connectivity index (χ3v) is 6.38. The largest absolute Gasteiger partial charge is 0.493 e. The van der Waals surface area contributed by atoms with E-state index in [0.29, 0.717) is 37.7 Å². The summed E-state index contributed by atoms with van der Waals surface area (Å²) in [6.07, 6.45) is -0.538. The van der Waals surface area contributed by atoms with Gasteiger partial charge in [-0.2, -0.15) is 0 Å². The summed E-state index contributed by atoms with van der Waals surface area (Å²) >= 11 is 0. The number of hydrogen-bond donors (Lipinski definition) is 0.